The minimum Gasteiger partial charge on any atom is -0.366 e. The molecule has 2 aromatic rings. The molecule has 1 amide bonds. The molecule has 1 aliphatic heterocycles. The predicted octanol–water partition coefficient (Wildman–Crippen LogP) is 2.41. The van der Waals surface area contributed by atoms with E-state index in [0.717, 1.165) is 17.1 Å². The van der Waals surface area contributed by atoms with Crippen molar-refractivity contribution in [1.82, 2.24) is 5.32 Å². The molecule has 1 aliphatic rings. The Kier molecular flexibility index (Phi) is 2.01. The Morgan fingerprint density at radius 3 is 2.65 bits per heavy atom. The molecule has 0 fully saturated rings. The van der Waals surface area contributed by atoms with E-state index in [1.54, 1.807) is 12.1 Å². The highest BCUT2D eigenvalue weighted by Crippen LogP contribution is 2.39. The second-order valence-electron chi connectivity index (χ2n) is 3.82. The number of hydrogen-bond acceptors (Lipinski definition) is 2. The molecular weight excluding hydrogens is 214 g/mol. The number of carbonyl (C=O) groups is 1. The summed E-state index contributed by atoms with van der Waals surface area (Å²) in [7, 11) is 0. The molecule has 4 nitrogen and oxygen atoms in total. The Bertz CT molecular complexity index is 607. The molecule has 4 heteroatoms. The third-order valence-electron chi connectivity index (χ3n) is 2.71. The van der Waals surface area contributed by atoms with Crippen molar-refractivity contribution in [3.8, 4) is 0 Å². The molecular formula is C13H10N3O. The van der Waals surface area contributed by atoms with Gasteiger partial charge < -0.3 is 11.1 Å². The number of benzene rings is 2. The summed E-state index contributed by atoms with van der Waals surface area (Å²) in [4.78, 5) is 11.3. The number of nitrogens with two attached hydrogens (primary N) is 1. The van der Waals surface area contributed by atoms with Gasteiger partial charge in [0.2, 0.25) is 0 Å². The monoisotopic (exact) mass is 224 g/mol. The first-order valence-electron chi connectivity index (χ1n) is 5.26. The summed E-state index contributed by atoms with van der Waals surface area (Å²) in [5.41, 5.74) is 8.96. The van der Waals surface area contributed by atoms with Crippen LogP contribution in [0.4, 0.5) is 22.7 Å². The van der Waals surface area contributed by atoms with E-state index in [2.05, 4.69) is 10.6 Å². The molecule has 0 aromatic heterocycles. The highest BCUT2D eigenvalue weighted by molar-refractivity contribution is 6.03. The second kappa shape index (κ2) is 3.52. The van der Waals surface area contributed by atoms with Gasteiger partial charge in [-0.25, -0.2) is 5.32 Å². The zero-order valence-corrected chi connectivity index (χ0v) is 8.97. The van der Waals surface area contributed by atoms with E-state index >= 15 is 0 Å². The average Bonchev–Trinajstić information content (AvgIpc) is 2.35. The number of nitrogens with one attached hydrogen (secondary N) is 1. The largest absolute Gasteiger partial charge is 0.366 e. The zero-order valence-electron chi connectivity index (χ0n) is 8.97. The van der Waals surface area contributed by atoms with Crippen molar-refractivity contribution in [1.29, 1.82) is 0 Å². The van der Waals surface area contributed by atoms with Crippen LogP contribution in [0.15, 0.2) is 42.5 Å². The number of amides is 1. The summed E-state index contributed by atoms with van der Waals surface area (Å²) in [5, 5.41) is 7.68. The van der Waals surface area contributed by atoms with Crippen LogP contribution in [0.3, 0.4) is 0 Å². The summed E-state index contributed by atoms with van der Waals surface area (Å²) in [5.74, 6) is -0.455. The average molecular weight is 224 g/mol. The Hall–Kier alpha value is -2.49. The van der Waals surface area contributed by atoms with Crippen LogP contribution < -0.4 is 16.4 Å². The van der Waals surface area contributed by atoms with Crippen molar-refractivity contribution < 1.29 is 4.79 Å². The fraction of sp³-hybridized carbons (Fsp3) is 0. The Labute approximate surface area is 98.4 Å². The highest BCUT2D eigenvalue weighted by Gasteiger charge is 2.19. The van der Waals surface area contributed by atoms with E-state index in [0.29, 0.717) is 11.3 Å². The van der Waals surface area contributed by atoms with Crippen LogP contribution in [0.1, 0.15) is 10.4 Å². The first-order chi connectivity index (χ1) is 8.25. The van der Waals surface area contributed by atoms with Gasteiger partial charge >= 0.3 is 0 Å². The van der Waals surface area contributed by atoms with Crippen LogP contribution in [-0.2, 0) is 0 Å². The van der Waals surface area contributed by atoms with Crippen molar-refractivity contribution in [3.63, 3.8) is 0 Å². The van der Waals surface area contributed by atoms with Crippen molar-refractivity contribution in [2.45, 2.75) is 0 Å². The minimum absolute atomic E-state index is 0.455. The van der Waals surface area contributed by atoms with Gasteiger partial charge in [0.25, 0.3) is 5.91 Å². The van der Waals surface area contributed by atoms with Crippen molar-refractivity contribution >= 4 is 28.7 Å². The van der Waals surface area contributed by atoms with E-state index < -0.39 is 5.91 Å². The lowest BCUT2D eigenvalue weighted by atomic mass is 10.1. The van der Waals surface area contributed by atoms with E-state index in [-0.39, 0.29) is 0 Å². The van der Waals surface area contributed by atoms with Gasteiger partial charge in [0.1, 0.15) is 0 Å². The molecule has 17 heavy (non-hydrogen) atoms. The number of rotatable bonds is 1. The number of carbonyl (C=O) groups excluding carboxylic acids is 1. The third-order valence-corrected chi connectivity index (χ3v) is 2.71. The summed E-state index contributed by atoms with van der Waals surface area (Å²) in [6, 6.07) is 13.0. The quantitative estimate of drug-likeness (QED) is 0.666. The number of hydrogen-bond donors (Lipinski definition) is 2. The van der Waals surface area contributed by atoms with E-state index in [9.17, 15) is 4.79 Å². The Balaban J connectivity index is 2.15. The number of nitrogens with zero attached hydrogens (tertiary/aromatic N) is 1. The lowest BCUT2D eigenvalue weighted by Crippen LogP contribution is -2.16. The molecule has 3 rings (SSSR count). The SMILES string of the molecule is NC(=O)c1cccc2c1Nc1ccccc1[N]2. The molecule has 0 unspecified atom stereocenters. The van der Waals surface area contributed by atoms with Gasteiger partial charge in [-0.1, -0.05) is 18.2 Å². The maximum Gasteiger partial charge on any atom is 0.250 e. The van der Waals surface area contributed by atoms with Crippen LogP contribution in [0.25, 0.3) is 0 Å². The van der Waals surface area contributed by atoms with Crippen LogP contribution in [0, 0.1) is 0 Å². The smallest absolute Gasteiger partial charge is 0.250 e. The normalized spacial score (nSPS) is 11.8. The maximum absolute atomic E-state index is 11.3. The third kappa shape index (κ3) is 1.50. The molecule has 1 heterocycles. The van der Waals surface area contributed by atoms with Gasteiger partial charge in [-0.05, 0) is 24.3 Å². The van der Waals surface area contributed by atoms with Gasteiger partial charge in [-0.3, -0.25) is 4.79 Å². The van der Waals surface area contributed by atoms with Crippen LogP contribution in [0.2, 0.25) is 0 Å². The lowest BCUT2D eigenvalue weighted by molar-refractivity contribution is 0.100. The Morgan fingerprint density at radius 1 is 1.06 bits per heavy atom. The number of fused-ring (bicyclic) bond motifs is 2. The molecule has 0 spiro atoms. The maximum atomic E-state index is 11.3. The molecule has 0 saturated heterocycles. The van der Waals surface area contributed by atoms with Crippen molar-refractivity contribution in [2.24, 2.45) is 5.73 Å². The van der Waals surface area contributed by atoms with E-state index in [4.69, 9.17) is 5.73 Å². The fourth-order valence-electron chi connectivity index (χ4n) is 1.91. The van der Waals surface area contributed by atoms with Gasteiger partial charge in [-0.2, -0.15) is 0 Å². The summed E-state index contributed by atoms with van der Waals surface area (Å²) in [6.45, 7) is 0. The standard InChI is InChI=1S/C13H10N3O/c14-13(17)8-4-3-7-11-12(8)16-10-6-2-1-5-9(10)15-11/h1-7,16H,(H2,14,17). The molecule has 0 atom stereocenters. The molecule has 0 bridgehead atoms. The first-order valence-corrected chi connectivity index (χ1v) is 5.26. The van der Waals surface area contributed by atoms with E-state index in [1.807, 2.05) is 30.3 Å². The fourth-order valence-corrected chi connectivity index (χ4v) is 1.91. The van der Waals surface area contributed by atoms with Crippen molar-refractivity contribution in [3.05, 3.63) is 48.0 Å². The number of para-hydroxylation sites is 3. The van der Waals surface area contributed by atoms with E-state index in [1.165, 1.54) is 0 Å². The van der Waals surface area contributed by atoms with Crippen LogP contribution >= 0.6 is 0 Å². The Morgan fingerprint density at radius 2 is 1.82 bits per heavy atom. The van der Waals surface area contributed by atoms with Gasteiger partial charge in [-0.15, -0.1) is 0 Å². The molecule has 0 aliphatic carbocycles. The second-order valence-corrected chi connectivity index (χ2v) is 3.82. The minimum atomic E-state index is -0.455. The molecule has 0 saturated carbocycles. The predicted molar refractivity (Wildman–Crippen MR) is 66.1 cm³/mol. The zero-order chi connectivity index (χ0) is 11.8. The highest BCUT2D eigenvalue weighted by atomic mass is 16.1. The first kappa shape index (κ1) is 9.72. The molecule has 83 valence electrons. The van der Waals surface area contributed by atoms with Gasteiger partial charge in [0.05, 0.1) is 28.3 Å². The molecule has 3 N–H and O–H groups in total. The molecule has 2 aromatic carbocycles. The van der Waals surface area contributed by atoms with Gasteiger partial charge in [0.15, 0.2) is 0 Å². The van der Waals surface area contributed by atoms with Crippen LogP contribution in [-0.4, -0.2) is 5.91 Å². The number of anilines is 2. The summed E-state index contributed by atoms with van der Waals surface area (Å²) in [6.07, 6.45) is 0. The summed E-state index contributed by atoms with van der Waals surface area (Å²) >= 11 is 0. The number of primary amides is 1. The lowest BCUT2D eigenvalue weighted by Gasteiger charge is -2.22. The summed E-state index contributed by atoms with van der Waals surface area (Å²) < 4.78 is 0. The van der Waals surface area contributed by atoms with Crippen molar-refractivity contribution in [2.75, 3.05) is 5.32 Å². The topological polar surface area (TPSA) is 69.2 Å². The van der Waals surface area contributed by atoms with Crippen LogP contribution in [0.5, 0.6) is 0 Å². The van der Waals surface area contributed by atoms with Gasteiger partial charge in [0, 0.05) is 0 Å². The molecule has 1 radical (unpaired) electrons.